The maximum Gasteiger partial charge on any atom is 0.416 e. The van der Waals surface area contributed by atoms with Crippen LogP contribution in [0.15, 0.2) is 103 Å². The van der Waals surface area contributed by atoms with Crippen molar-refractivity contribution in [1.29, 1.82) is 10.5 Å². The Hall–Kier alpha value is -7.15. The van der Waals surface area contributed by atoms with E-state index in [0.29, 0.717) is 60.7 Å². The number of alkyl halides is 15. The van der Waals surface area contributed by atoms with Gasteiger partial charge in [0.15, 0.2) is 0 Å². The zero-order valence-electron chi connectivity index (χ0n) is 30.3. The van der Waals surface area contributed by atoms with Gasteiger partial charge in [0.2, 0.25) is 0 Å². The Balaban J connectivity index is 1.61. The first-order valence-electron chi connectivity index (χ1n) is 17.5. The fourth-order valence-electron chi connectivity index (χ4n) is 7.61. The standard InChI is InChI=1S/C43H17F15N4/c44-39(45,46)22-1-6-27(21(13-22)19-60)38-36(61-32-7-2-23(40(47,48)49)14-28(32)29-15-24(41(50,51)52)3-8-33(29)61)11-20(18-59)12-37(38)62-34-9-4-25(42(53,54)55)16-30(34)31-17-26(43(56,57)58)5-10-35(31)62/h1-17H. The molecule has 0 bridgehead atoms. The normalized spacial score (nSPS) is 13.0. The molecule has 8 aromatic rings. The molecule has 0 radical (unpaired) electrons. The van der Waals surface area contributed by atoms with E-state index in [4.69, 9.17) is 0 Å². The summed E-state index contributed by atoms with van der Waals surface area (Å²) in [4.78, 5) is 0. The highest BCUT2D eigenvalue weighted by Gasteiger charge is 2.37. The number of nitrogens with zero attached hydrogens (tertiary/aromatic N) is 4. The number of nitriles is 2. The summed E-state index contributed by atoms with van der Waals surface area (Å²) in [6, 6.07) is 15.6. The average molecular weight is 875 g/mol. The van der Waals surface area contributed by atoms with Crippen molar-refractivity contribution in [3.8, 4) is 34.6 Å². The van der Waals surface area contributed by atoms with Gasteiger partial charge in [0.1, 0.15) is 0 Å². The molecule has 0 aliphatic heterocycles. The quantitative estimate of drug-likeness (QED) is 0.166. The molecule has 4 nitrogen and oxygen atoms in total. The first kappa shape index (κ1) is 41.6. The molecule has 0 saturated heterocycles. The Morgan fingerprint density at radius 3 is 0.919 bits per heavy atom. The third-order valence-electron chi connectivity index (χ3n) is 10.3. The SMILES string of the molecule is N#Cc1cc(-n2c3ccc(C(F)(F)F)cc3c3cc(C(F)(F)F)ccc32)c(-c2ccc(C(F)(F)F)cc2C#N)c(-n2c3ccc(C(F)(F)F)cc3c3cc(C(F)(F)F)ccc32)c1. The zero-order chi connectivity index (χ0) is 45.1. The Kier molecular flexibility index (Phi) is 9.18. The van der Waals surface area contributed by atoms with Crippen molar-refractivity contribution in [2.75, 3.05) is 0 Å². The Bertz CT molecular complexity index is 2940. The largest absolute Gasteiger partial charge is 0.416 e. The summed E-state index contributed by atoms with van der Waals surface area (Å²) < 4.78 is 213. The van der Waals surface area contributed by atoms with E-state index in [1.807, 2.05) is 6.07 Å². The van der Waals surface area contributed by atoms with E-state index in [1.165, 1.54) is 0 Å². The minimum atomic E-state index is -5.03. The number of rotatable bonds is 3. The predicted octanol–water partition coefficient (Wildman–Crippen LogP) is 14.4. The molecule has 0 unspecified atom stereocenters. The van der Waals surface area contributed by atoms with Gasteiger partial charge in [-0.1, -0.05) is 6.07 Å². The van der Waals surface area contributed by atoms with Crippen LogP contribution >= 0.6 is 0 Å². The van der Waals surface area contributed by atoms with Crippen LogP contribution in [0.5, 0.6) is 0 Å². The van der Waals surface area contributed by atoms with Crippen molar-refractivity contribution >= 4 is 43.6 Å². The fourth-order valence-corrected chi connectivity index (χ4v) is 7.61. The average Bonchev–Trinajstić information content (AvgIpc) is 3.69. The first-order valence-corrected chi connectivity index (χ1v) is 17.5. The van der Waals surface area contributed by atoms with Gasteiger partial charge in [-0.15, -0.1) is 0 Å². The van der Waals surface area contributed by atoms with E-state index >= 15 is 0 Å². The minimum Gasteiger partial charge on any atom is -0.308 e. The van der Waals surface area contributed by atoms with Crippen LogP contribution in [0.4, 0.5) is 65.9 Å². The monoisotopic (exact) mass is 874 g/mol. The second-order valence-corrected chi connectivity index (χ2v) is 14.0. The third-order valence-corrected chi connectivity index (χ3v) is 10.3. The van der Waals surface area contributed by atoms with Crippen LogP contribution < -0.4 is 0 Å². The second kappa shape index (κ2) is 13.7. The van der Waals surface area contributed by atoms with E-state index in [1.54, 1.807) is 6.07 Å². The summed E-state index contributed by atoms with van der Waals surface area (Å²) in [7, 11) is 0. The summed E-state index contributed by atoms with van der Waals surface area (Å²) in [6.45, 7) is 0. The maximum atomic E-state index is 14.1. The summed E-state index contributed by atoms with van der Waals surface area (Å²) in [6.07, 6.45) is -25.1. The number of benzene rings is 6. The van der Waals surface area contributed by atoms with E-state index in [9.17, 15) is 76.4 Å². The Morgan fingerprint density at radius 2 is 0.645 bits per heavy atom. The maximum absolute atomic E-state index is 14.1. The van der Waals surface area contributed by atoms with E-state index in [2.05, 4.69) is 0 Å². The lowest BCUT2D eigenvalue weighted by Gasteiger charge is -2.22. The molecule has 0 aliphatic rings. The van der Waals surface area contributed by atoms with Crippen molar-refractivity contribution in [2.45, 2.75) is 30.9 Å². The molecule has 62 heavy (non-hydrogen) atoms. The third kappa shape index (κ3) is 6.87. The number of hydrogen-bond donors (Lipinski definition) is 0. The molecule has 2 heterocycles. The molecule has 6 aromatic carbocycles. The smallest absolute Gasteiger partial charge is 0.308 e. The van der Waals surface area contributed by atoms with Crippen molar-refractivity contribution in [2.24, 2.45) is 0 Å². The van der Waals surface area contributed by atoms with Gasteiger partial charge in [-0.05, 0) is 97.1 Å². The molecular weight excluding hydrogens is 857 g/mol. The van der Waals surface area contributed by atoms with Crippen LogP contribution in [-0.4, -0.2) is 9.13 Å². The zero-order valence-corrected chi connectivity index (χ0v) is 30.3. The number of hydrogen-bond acceptors (Lipinski definition) is 2. The summed E-state index contributed by atoms with van der Waals surface area (Å²) in [5, 5.41) is 19.0. The van der Waals surface area contributed by atoms with Gasteiger partial charge in [0.05, 0.1) is 84.5 Å². The van der Waals surface area contributed by atoms with Crippen LogP contribution in [0.25, 0.3) is 66.1 Å². The van der Waals surface area contributed by atoms with Crippen LogP contribution in [-0.2, 0) is 30.9 Å². The summed E-state index contributed by atoms with van der Waals surface area (Å²) in [5.74, 6) is 0. The molecule has 8 rings (SSSR count). The lowest BCUT2D eigenvalue weighted by atomic mass is 9.93. The van der Waals surface area contributed by atoms with E-state index in [-0.39, 0.29) is 44.6 Å². The van der Waals surface area contributed by atoms with Crippen LogP contribution in [0.1, 0.15) is 38.9 Å². The Morgan fingerprint density at radius 1 is 0.355 bits per heavy atom. The second-order valence-electron chi connectivity index (χ2n) is 14.0. The predicted molar refractivity (Wildman–Crippen MR) is 195 cm³/mol. The van der Waals surface area contributed by atoms with E-state index in [0.717, 1.165) is 51.6 Å². The lowest BCUT2D eigenvalue weighted by Crippen LogP contribution is -2.09. The number of fused-ring (bicyclic) bond motifs is 6. The van der Waals surface area contributed by atoms with Gasteiger partial charge in [0, 0.05) is 32.7 Å². The van der Waals surface area contributed by atoms with Gasteiger partial charge in [-0.25, -0.2) is 0 Å². The molecule has 0 saturated carbocycles. The number of aromatic nitrogens is 2. The molecule has 0 atom stereocenters. The van der Waals surface area contributed by atoms with Crippen LogP contribution in [0.3, 0.4) is 0 Å². The Labute approximate surface area is 336 Å². The van der Waals surface area contributed by atoms with Crippen LogP contribution in [0.2, 0.25) is 0 Å². The molecule has 314 valence electrons. The van der Waals surface area contributed by atoms with Crippen molar-refractivity contribution in [1.82, 2.24) is 9.13 Å². The molecule has 2 aromatic heterocycles. The number of halogens is 15. The van der Waals surface area contributed by atoms with Gasteiger partial charge in [-0.2, -0.15) is 76.4 Å². The van der Waals surface area contributed by atoms with Gasteiger partial charge in [0.25, 0.3) is 0 Å². The minimum absolute atomic E-state index is 0.244. The van der Waals surface area contributed by atoms with Crippen molar-refractivity contribution in [3.63, 3.8) is 0 Å². The van der Waals surface area contributed by atoms with Gasteiger partial charge >= 0.3 is 30.9 Å². The summed E-state index contributed by atoms with van der Waals surface area (Å²) in [5.41, 5.74) is -9.96. The molecule has 0 fully saturated rings. The molecule has 0 spiro atoms. The van der Waals surface area contributed by atoms with E-state index < -0.39 is 91.4 Å². The van der Waals surface area contributed by atoms with Gasteiger partial charge in [-0.3, -0.25) is 0 Å². The van der Waals surface area contributed by atoms with Gasteiger partial charge < -0.3 is 9.13 Å². The van der Waals surface area contributed by atoms with Crippen molar-refractivity contribution < 1.29 is 65.9 Å². The molecule has 19 heteroatoms. The van der Waals surface area contributed by atoms with Crippen molar-refractivity contribution in [3.05, 3.63) is 142 Å². The molecule has 0 N–H and O–H groups in total. The highest BCUT2D eigenvalue weighted by molar-refractivity contribution is 6.12. The highest BCUT2D eigenvalue weighted by Crippen LogP contribution is 2.47. The highest BCUT2D eigenvalue weighted by atomic mass is 19.4. The fraction of sp³-hybridized carbons (Fsp3) is 0.116. The molecule has 0 amide bonds. The lowest BCUT2D eigenvalue weighted by molar-refractivity contribution is -0.138. The topological polar surface area (TPSA) is 57.4 Å². The molecule has 0 aliphatic carbocycles. The molecular formula is C43H17F15N4. The van der Waals surface area contributed by atoms with Crippen LogP contribution in [0, 0.1) is 22.7 Å². The summed E-state index contributed by atoms with van der Waals surface area (Å²) >= 11 is 0. The first-order chi connectivity index (χ1) is 28.8.